The smallest absolute Gasteiger partial charge is 0.100 e. The van der Waals surface area contributed by atoms with Gasteiger partial charge in [0.15, 0.2) is 0 Å². The van der Waals surface area contributed by atoms with Crippen LogP contribution >= 0.6 is 0 Å². The Kier molecular flexibility index (Phi) is 4.38. The van der Waals surface area contributed by atoms with Gasteiger partial charge in [0.05, 0.1) is 22.7 Å². The average Bonchev–Trinajstić information content (AvgIpc) is 3.18. The second-order valence-electron chi connectivity index (χ2n) is 7.83. The van der Waals surface area contributed by atoms with E-state index in [1.54, 1.807) is 0 Å². The van der Waals surface area contributed by atoms with E-state index in [-0.39, 0.29) is 0 Å². The van der Waals surface area contributed by atoms with E-state index in [2.05, 4.69) is 69.9 Å². The van der Waals surface area contributed by atoms with Crippen LogP contribution in [0.1, 0.15) is 29.2 Å². The molecule has 0 N–H and O–H groups in total. The molecule has 0 fully saturated rings. The number of rotatable bonds is 3. The predicted octanol–water partition coefficient (Wildman–Crippen LogP) is 4.84. The summed E-state index contributed by atoms with van der Waals surface area (Å²) in [5, 5.41) is 9.16. The highest BCUT2D eigenvalue weighted by Crippen LogP contribution is 2.26. The summed E-state index contributed by atoms with van der Waals surface area (Å²) in [4.78, 5) is 7.03. The highest BCUT2D eigenvalue weighted by Gasteiger charge is 2.23. The molecule has 2 heterocycles. The Morgan fingerprint density at radius 1 is 1.03 bits per heavy atom. The van der Waals surface area contributed by atoms with Crippen molar-refractivity contribution in [3.8, 4) is 11.8 Å². The van der Waals surface area contributed by atoms with E-state index in [1.165, 1.54) is 16.7 Å². The molecule has 0 amide bonds. The minimum atomic E-state index is 0.439. The molecule has 4 aromatic rings. The highest BCUT2D eigenvalue weighted by molar-refractivity contribution is 5.77. The van der Waals surface area contributed by atoms with Crippen LogP contribution < -0.4 is 0 Å². The van der Waals surface area contributed by atoms with Gasteiger partial charge in [-0.25, -0.2) is 4.98 Å². The topological polar surface area (TPSA) is 44.9 Å². The van der Waals surface area contributed by atoms with E-state index < -0.39 is 0 Å². The molecule has 0 radical (unpaired) electrons. The lowest BCUT2D eigenvalue weighted by Crippen LogP contribution is -2.37. The Hall–Kier alpha value is -3.42. The van der Waals surface area contributed by atoms with Crippen LogP contribution in [-0.4, -0.2) is 20.5 Å². The van der Waals surface area contributed by atoms with Crippen molar-refractivity contribution in [3.63, 3.8) is 0 Å². The van der Waals surface area contributed by atoms with E-state index in [4.69, 9.17) is 5.26 Å². The molecule has 5 rings (SSSR count). The fourth-order valence-corrected chi connectivity index (χ4v) is 4.28. The van der Waals surface area contributed by atoms with Crippen molar-refractivity contribution in [1.82, 2.24) is 14.5 Å². The largest absolute Gasteiger partial charge is 0.299 e. The number of para-hydroxylation sites is 2. The van der Waals surface area contributed by atoms with E-state index in [0.717, 1.165) is 41.8 Å². The SMILES string of the molecule is CC1Cc2cc(C#N)ccc2CN1Cc1cccc(-n2cnc3ccccc32)c1. The molecule has 1 atom stereocenters. The molecule has 0 saturated carbocycles. The monoisotopic (exact) mass is 378 g/mol. The Labute approximate surface area is 170 Å². The fraction of sp³-hybridized carbons (Fsp3) is 0.200. The molecule has 1 aromatic heterocycles. The molecule has 3 aromatic carbocycles. The van der Waals surface area contributed by atoms with Crippen molar-refractivity contribution < 1.29 is 0 Å². The van der Waals surface area contributed by atoms with Crippen molar-refractivity contribution in [2.45, 2.75) is 32.5 Å². The summed E-state index contributed by atoms with van der Waals surface area (Å²) in [6.45, 7) is 4.09. The van der Waals surface area contributed by atoms with Crippen LogP contribution in [0.15, 0.2) is 73.1 Å². The standard InChI is InChI=1S/C25H22N4/c1-18-11-22-12-19(14-26)9-10-21(22)16-28(18)15-20-5-4-6-23(13-20)29-17-27-24-7-2-3-8-25(24)29/h2-10,12-13,17-18H,11,15-16H2,1H3. The van der Waals surface area contributed by atoms with Crippen LogP contribution in [0.25, 0.3) is 16.7 Å². The van der Waals surface area contributed by atoms with Crippen LogP contribution in [0.3, 0.4) is 0 Å². The van der Waals surface area contributed by atoms with Crippen molar-refractivity contribution in [3.05, 3.63) is 95.3 Å². The molecule has 4 heteroatoms. The molecule has 0 spiro atoms. The van der Waals surface area contributed by atoms with Gasteiger partial charge in [0, 0.05) is 24.8 Å². The molecule has 1 aliphatic heterocycles. The zero-order chi connectivity index (χ0) is 19.8. The molecule has 0 bridgehead atoms. The quantitative estimate of drug-likeness (QED) is 0.512. The molecule has 29 heavy (non-hydrogen) atoms. The van der Waals surface area contributed by atoms with Gasteiger partial charge in [0.25, 0.3) is 0 Å². The molecular weight excluding hydrogens is 356 g/mol. The van der Waals surface area contributed by atoms with E-state index >= 15 is 0 Å². The number of nitrogens with zero attached hydrogens (tertiary/aromatic N) is 4. The van der Waals surface area contributed by atoms with Gasteiger partial charge in [-0.15, -0.1) is 0 Å². The fourth-order valence-electron chi connectivity index (χ4n) is 4.28. The summed E-state index contributed by atoms with van der Waals surface area (Å²) in [6.07, 6.45) is 2.88. The second-order valence-corrected chi connectivity index (χ2v) is 7.83. The van der Waals surface area contributed by atoms with Gasteiger partial charge in [-0.3, -0.25) is 9.47 Å². The number of nitriles is 1. The summed E-state index contributed by atoms with van der Waals surface area (Å²) in [5.74, 6) is 0. The highest BCUT2D eigenvalue weighted by atomic mass is 15.2. The maximum Gasteiger partial charge on any atom is 0.100 e. The number of imidazole rings is 1. The Morgan fingerprint density at radius 3 is 2.83 bits per heavy atom. The number of aromatic nitrogens is 2. The maximum absolute atomic E-state index is 9.16. The van der Waals surface area contributed by atoms with E-state index in [0.29, 0.717) is 6.04 Å². The molecule has 4 nitrogen and oxygen atoms in total. The maximum atomic E-state index is 9.16. The molecule has 142 valence electrons. The number of fused-ring (bicyclic) bond motifs is 2. The molecule has 0 aliphatic carbocycles. The summed E-state index contributed by atoms with van der Waals surface area (Å²) < 4.78 is 2.15. The first-order valence-electron chi connectivity index (χ1n) is 9.98. The van der Waals surface area contributed by atoms with Gasteiger partial charge in [0.2, 0.25) is 0 Å². The van der Waals surface area contributed by atoms with Crippen LogP contribution in [0.2, 0.25) is 0 Å². The van der Waals surface area contributed by atoms with E-state index in [9.17, 15) is 0 Å². The molecular formula is C25H22N4. The summed E-state index contributed by atoms with van der Waals surface area (Å²) in [7, 11) is 0. The van der Waals surface area contributed by atoms with Crippen molar-refractivity contribution in [2.24, 2.45) is 0 Å². The van der Waals surface area contributed by atoms with E-state index in [1.807, 2.05) is 30.6 Å². The number of hydrogen-bond donors (Lipinski definition) is 0. The van der Waals surface area contributed by atoms with Gasteiger partial charge in [-0.05, 0) is 66.4 Å². The molecule has 1 unspecified atom stereocenters. The van der Waals surface area contributed by atoms with Crippen LogP contribution in [0, 0.1) is 11.3 Å². The van der Waals surface area contributed by atoms with Crippen LogP contribution in [0.5, 0.6) is 0 Å². The minimum Gasteiger partial charge on any atom is -0.299 e. The Bertz CT molecular complexity index is 1230. The van der Waals surface area contributed by atoms with Crippen LogP contribution in [-0.2, 0) is 19.5 Å². The summed E-state index contributed by atoms with van der Waals surface area (Å²) in [6, 6.07) is 25.7. The summed E-state index contributed by atoms with van der Waals surface area (Å²) in [5.41, 5.74) is 7.97. The van der Waals surface area contributed by atoms with Gasteiger partial charge in [-0.2, -0.15) is 5.26 Å². The third kappa shape index (κ3) is 3.30. The third-order valence-electron chi connectivity index (χ3n) is 5.88. The number of hydrogen-bond acceptors (Lipinski definition) is 3. The zero-order valence-corrected chi connectivity index (χ0v) is 16.4. The molecule has 0 saturated heterocycles. The zero-order valence-electron chi connectivity index (χ0n) is 16.4. The van der Waals surface area contributed by atoms with Gasteiger partial charge < -0.3 is 0 Å². The summed E-state index contributed by atoms with van der Waals surface area (Å²) >= 11 is 0. The van der Waals surface area contributed by atoms with Gasteiger partial charge in [-0.1, -0.05) is 30.3 Å². The normalized spacial score (nSPS) is 16.5. The minimum absolute atomic E-state index is 0.439. The number of benzene rings is 3. The lowest BCUT2D eigenvalue weighted by atomic mass is 9.93. The van der Waals surface area contributed by atoms with Crippen molar-refractivity contribution in [1.29, 1.82) is 5.26 Å². The average molecular weight is 378 g/mol. The van der Waals surface area contributed by atoms with Gasteiger partial charge in [0.1, 0.15) is 6.33 Å². The first-order chi connectivity index (χ1) is 14.2. The Morgan fingerprint density at radius 2 is 1.93 bits per heavy atom. The lowest BCUT2D eigenvalue weighted by molar-refractivity contribution is 0.175. The second kappa shape index (κ2) is 7.20. The first-order valence-corrected chi connectivity index (χ1v) is 9.98. The van der Waals surface area contributed by atoms with Gasteiger partial charge >= 0.3 is 0 Å². The van der Waals surface area contributed by atoms with Crippen LogP contribution in [0.4, 0.5) is 0 Å². The van der Waals surface area contributed by atoms with Crippen molar-refractivity contribution >= 4 is 11.0 Å². The first kappa shape index (κ1) is 17.7. The molecule has 1 aliphatic rings. The van der Waals surface area contributed by atoms with Crippen molar-refractivity contribution in [2.75, 3.05) is 0 Å². The predicted molar refractivity (Wildman–Crippen MR) is 115 cm³/mol. The third-order valence-corrected chi connectivity index (χ3v) is 5.88. The Balaban J connectivity index is 1.41. The lowest BCUT2D eigenvalue weighted by Gasteiger charge is -2.35.